The quantitative estimate of drug-likeness (QED) is 0.0425. The molecule has 3 N–H and O–H groups in total. The molecule has 0 saturated heterocycles. The number of hydrogen-bond acceptors (Lipinski definition) is 13. The minimum Gasteiger partial charge on any atom is -0.393 e. The van der Waals surface area contributed by atoms with Crippen LogP contribution in [0.3, 0.4) is 0 Å². The van der Waals surface area contributed by atoms with Gasteiger partial charge in [0.25, 0.3) is 5.69 Å². The van der Waals surface area contributed by atoms with E-state index in [0.29, 0.717) is 79.5 Å². The molecule has 3 fully saturated rings. The van der Waals surface area contributed by atoms with Crippen molar-refractivity contribution in [1.82, 2.24) is 27.9 Å². The van der Waals surface area contributed by atoms with Crippen LogP contribution >= 0.6 is 57.1 Å². The zero-order valence-electron chi connectivity index (χ0n) is 53.7. The van der Waals surface area contributed by atoms with E-state index in [-0.39, 0.29) is 27.1 Å². The fourth-order valence-corrected chi connectivity index (χ4v) is 17.3. The van der Waals surface area contributed by atoms with Gasteiger partial charge in [0.05, 0.1) is 53.8 Å². The molecule has 18 rings (SSSR count). The van der Waals surface area contributed by atoms with Crippen LogP contribution in [-0.2, 0) is 29.1 Å². The van der Waals surface area contributed by atoms with E-state index in [1.165, 1.54) is 36.9 Å². The first-order valence-electron chi connectivity index (χ1n) is 32.1. The lowest BCUT2D eigenvalue weighted by Crippen LogP contribution is -2.18. The van der Waals surface area contributed by atoms with Crippen molar-refractivity contribution in [1.29, 1.82) is 0 Å². The van der Waals surface area contributed by atoms with Crippen molar-refractivity contribution in [2.75, 3.05) is 5.73 Å². The Bertz CT molecular complexity index is 6020. The predicted molar refractivity (Wildman–Crippen MR) is 414 cm³/mol. The Balaban J connectivity index is 0.000000115. The molecule has 3 aliphatic rings. The van der Waals surface area contributed by atoms with Gasteiger partial charge in [0.1, 0.15) is 11.5 Å². The Morgan fingerprint density at radius 2 is 0.853 bits per heavy atom. The lowest BCUT2D eigenvalue weighted by Gasteiger charge is -2.11. The Morgan fingerprint density at radius 3 is 1.35 bits per heavy atom. The molecule has 15 aromatic rings. The number of nitrogens with zero attached hydrogens (tertiary/aromatic N) is 6. The summed E-state index contributed by atoms with van der Waals surface area (Å²) in [5.74, 6) is 1.77. The van der Waals surface area contributed by atoms with Gasteiger partial charge in [0.15, 0.2) is 17.9 Å². The second kappa shape index (κ2) is 29.7. The lowest BCUT2D eigenvalue weighted by molar-refractivity contribution is -0.383. The first-order chi connectivity index (χ1) is 49.0. The van der Waals surface area contributed by atoms with Crippen molar-refractivity contribution < 1.29 is 35.0 Å². The predicted octanol–water partition coefficient (Wildman–Crippen LogP) is 19.9. The van der Waals surface area contributed by atoms with E-state index in [4.69, 9.17) is 62.8 Å². The van der Waals surface area contributed by atoms with E-state index in [2.05, 4.69) is 50.3 Å². The average Bonchev–Trinajstić information content (AvgIpc) is 1.59. The van der Waals surface area contributed by atoms with Crippen molar-refractivity contribution in [3.63, 3.8) is 0 Å². The van der Waals surface area contributed by atoms with E-state index in [0.717, 1.165) is 90.6 Å². The Hall–Kier alpha value is -9.74. The monoisotopic (exact) mass is 1510 g/mol. The third-order valence-electron chi connectivity index (χ3n) is 17.2. The number of nitro groups is 1. The molecule has 0 atom stereocenters. The van der Waals surface area contributed by atoms with Gasteiger partial charge < -0.3 is 10.7 Å². The molecule has 0 unspecified atom stereocenters. The zero-order valence-corrected chi connectivity index (χ0v) is 59.9. The number of nitro benzene ring substituents is 1. The molecule has 3 heterocycles. The Morgan fingerprint density at radius 1 is 0.441 bits per heavy atom. The maximum atomic E-state index is 13.2. The third-order valence-corrected chi connectivity index (χ3v) is 24.5. The number of aromatic nitrogens is 6. The first-order valence-corrected chi connectivity index (χ1v) is 38.9. The number of nitrogens with one attached hydrogen (secondary N) is 1. The Kier molecular flexibility index (Phi) is 20.6. The fourth-order valence-electron chi connectivity index (χ4n) is 11.7. The number of hydrogen-bond donors (Lipinski definition) is 2. The van der Waals surface area contributed by atoms with Crippen molar-refractivity contribution in [3.8, 4) is 34.2 Å². The third kappa shape index (κ3) is 15.5. The Labute approximate surface area is 610 Å². The van der Waals surface area contributed by atoms with E-state index in [1.54, 1.807) is 36.4 Å². The van der Waals surface area contributed by atoms with E-state index in [9.17, 15) is 40.2 Å². The molecule has 514 valence electrons. The van der Waals surface area contributed by atoms with E-state index in [1.807, 2.05) is 158 Å². The minimum absolute atomic E-state index is 0.124. The number of benzene rings is 12. The highest BCUT2D eigenvalue weighted by Crippen LogP contribution is 2.41. The molecule has 0 spiro atoms. The molecular weight excluding hydrogens is 1450 g/mol. The van der Waals surface area contributed by atoms with Crippen molar-refractivity contribution in [3.05, 3.63) is 278 Å². The van der Waals surface area contributed by atoms with E-state index < -0.39 is 34.0 Å². The van der Waals surface area contributed by atoms with Crippen LogP contribution in [0.1, 0.15) is 48.9 Å². The van der Waals surface area contributed by atoms with Gasteiger partial charge in [-0.2, -0.15) is 0 Å². The van der Waals surface area contributed by atoms with Crippen LogP contribution in [0, 0.1) is 10.1 Å². The number of nitrogens with two attached hydrogens (primary N) is 1. The second-order valence-electron chi connectivity index (χ2n) is 24.3. The summed E-state index contributed by atoms with van der Waals surface area (Å²) < 4.78 is 75.9. The van der Waals surface area contributed by atoms with Gasteiger partial charge in [-0.05, 0) is 148 Å². The maximum absolute atomic E-state index is 13.2. The molecule has 3 saturated carbocycles. The number of carbonyl (C=O) groups is 1. The number of carbonyl (C=O) groups excluding carboxylic acids is 1. The summed E-state index contributed by atoms with van der Waals surface area (Å²) in [6.07, 6.45) is 5.18. The number of aldehydes is 1. The maximum Gasteiger partial charge on any atom is 0.293 e. The number of rotatable bonds is 10. The summed E-state index contributed by atoms with van der Waals surface area (Å²) in [6.45, 7) is 0. The fraction of sp³-hybridized carbons (Fsp3) is 0.117. The van der Waals surface area contributed by atoms with Gasteiger partial charge in [0, 0.05) is 59.1 Å². The summed E-state index contributed by atoms with van der Waals surface area (Å²) >= 11 is 23.8. The highest BCUT2D eigenvalue weighted by molar-refractivity contribution is 8.14. The van der Waals surface area contributed by atoms with Crippen LogP contribution in [0.5, 0.6) is 0 Å². The van der Waals surface area contributed by atoms with Gasteiger partial charge >= 0.3 is 0 Å². The van der Waals surface area contributed by atoms with Crippen LogP contribution in [0.15, 0.2) is 243 Å². The van der Waals surface area contributed by atoms with Crippen LogP contribution in [0.2, 0.25) is 20.1 Å². The molecule has 3 aliphatic carbocycles. The van der Waals surface area contributed by atoms with Crippen LogP contribution in [0.4, 0.5) is 11.4 Å². The minimum atomic E-state index is -3.52. The van der Waals surface area contributed by atoms with Gasteiger partial charge in [-0.1, -0.05) is 216 Å². The van der Waals surface area contributed by atoms with Gasteiger partial charge in [0.2, 0.25) is 29.1 Å². The second-order valence-corrected chi connectivity index (χ2v) is 33.1. The summed E-state index contributed by atoms with van der Waals surface area (Å²) in [7, 11) is -5.27. The van der Waals surface area contributed by atoms with Gasteiger partial charge in [-0.25, -0.2) is 48.2 Å². The highest BCUT2D eigenvalue weighted by Gasteiger charge is 2.41. The van der Waals surface area contributed by atoms with Crippen LogP contribution in [-0.4, -0.2) is 80.1 Å². The number of halogens is 5. The van der Waals surface area contributed by atoms with Crippen molar-refractivity contribution in [2.24, 2.45) is 0 Å². The average molecular weight is 1510 g/mol. The summed E-state index contributed by atoms with van der Waals surface area (Å²) in [6, 6.07) is 75.9. The zero-order chi connectivity index (χ0) is 71.6. The molecule has 17 nitrogen and oxygen atoms in total. The highest BCUT2D eigenvalue weighted by atomic mass is 35.7. The lowest BCUT2D eigenvalue weighted by atomic mass is 10.0. The molecular formula is C77H59Cl5N8O9S3. The number of fused-ring (bicyclic) bond motifs is 7. The molecule has 0 bridgehead atoms. The number of imidazole rings is 3. The largest absolute Gasteiger partial charge is 0.393 e. The first kappa shape index (κ1) is 70.7. The number of aromatic amines is 1. The molecule has 0 radical (unpaired) electrons. The molecule has 12 aromatic carbocycles. The van der Waals surface area contributed by atoms with E-state index >= 15 is 0 Å². The normalized spacial score (nSPS) is 13.6. The van der Waals surface area contributed by atoms with Gasteiger partial charge in [-0.15, -0.1) is 0 Å². The molecule has 0 aliphatic heterocycles. The SMILES string of the molecule is Clc1ccc2nc(-c3cccc4ccccc34)[nH]c2c1.Nc1ccc(Cl)cc1[N+](=O)[O-].O=Cc1cccc2ccccc12.O=S(=O)(C1CC1)n1c(-c2cccc3ccccc23)nc2cc(Cl)ccc21.O=S(=O)(C1CC1)n1c(-c2cccc3ccccc23)nc2ccc(Cl)cc21.O=S(=O)(Cl)C1CC1. The molecule has 0 amide bonds. The summed E-state index contributed by atoms with van der Waals surface area (Å²) in [5, 5.41) is 20.0. The number of H-pyrrole nitrogens is 1. The van der Waals surface area contributed by atoms with Crippen molar-refractivity contribution >= 4 is 180 Å². The molecule has 102 heavy (non-hydrogen) atoms. The summed E-state index contributed by atoms with van der Waals surface area (Å²) in [5.41, 5.74) is 12.9. The van der Waals surface area contributed by atoms with Crippen molar-refractivity contribution in [2.45, 2.75) is 54.3 Å². The standard InChI is InChI=1S/2C20H15ClN2O2S.C17H11ClN2.C11H8O.C6H5ClN2O2.C3H5ClO2S/c21-14-8-11-19-18(12-14)22-20(23(19)26(24,25)15-9-10-15)17-7-3-5-13-4-1-2-6-16(13)17;21-14-8-11-18-19(12-14)23(26(24,25)15-9-10-15)20(22-18)17-7-3-5-13-4-1-2-6-16(13)17;18-12-8-9-15-16(10-12)20-17(19-15)14-7-3-5-11-4-1-2-6-13(11)14;12-8-10-6-3-5-9-4-1-2-7-11(9)10;7-4-1-2-5(8)6(3-4)9(10)11;4-7(5,6)3-1-2-3/h2*1-8,11-12,15H,9-10H2;1-10H,(H,19,20);1-8H;1-3H,8H2;3H,1-2H2. The smallest absolute Gasteiger partial charge is 0.293 e. The van der Waals surface area contributed by atoms with Crippen LogP contribution < -0.4 is 5.73 Å². The number of nitrogen functional groups attached to an aromatic ring is 1. The van der Waals surface area contributed by atoms with Crippen LogP contribution in [0.25, 0.3) is 110 Å². The molecule has 25 heteroatoms. The summed E-state index contributed by atoms with van der Waals surface area (Å²) in [4.78, 5) is 37.6. The molecule has 3 aromatic heterocycles. The topological polar surface area (TPSA) is 253 Å². The van der Waals surface area contributed by atoms with Gasteiger partial charge in [-0.3, -0.25) is 14.9 Å². The number of anilines is 1.